The lowest BCUT2D eigenvalue weighted by molar-refractivity contribution is 0.0994. The molecule has 1 rings (SSSR count). The van der Waals surface area contributed by atoms with Crippen LogP contribution in [0, 0.1) is 0 Å². The summed E-state index contributed by atoms with van der Waals surface area (Å²) in [4.78, 5) is 0. The molecule has 0 atom stereocenters. The van der Waals surface area contributed by atoms with Gasteiger partial charge in [0.1, 0.15) is 12.4 Å². The van der Waals surface area contributed by atoms with E-state index >= 15 is 0 Å². The molecule has 0 aliphatic rings. The van der Waals surface area contributed by atoms with Crippen molar-refractivity contribution in [2.24, 2.45) is 5.73 Å². The van der Waals surface area contributed by atoms with Crippen LogP contribution >= 0.6 is 0 Å². The highest BCUT2D eigenvalue weighted by Crippen LogP contribution is 2.24. The van der Waals surface area contributed by atoms with Crippen molar-refractivity contribution < 1.29 is 9.47 Å². The molecule has 0 spiro atoms. The first-order chi connectivity index (χ1) is 8.54. The fourth-order valence-electron chi connectivity index (χ4n) is 1.56. The van der Waals surface area contributed by atoms with Crippen molar-refractivity contribution in [1.82, 2.24) is 0 Å². The SMILES string of the molecule is CC(C)(C)c1ccc(OCCOCCCN)cc1. The third-order valence-corrected chi connectivity index (χ3v) is 2.71. The number of benzene rings is 1. The number of hydrogen-bond donors (Lipinski definition) is 1. The summed E-state index contributed by atoms with van der Waals surface area (Å²) in [5.41, 5.74) is 6.87. The van der Waals surface area contributed by atoms with Crippen molar-refractivity contribution in [3.05, 3.63) is 29.8 Å². The number of nitrogens with two attached hydrogens (primary N) is 1. The van der Waals surface area contributed by atoms with E-state index in [1.165, 1.54) is 5.56 Å². The van der Waals surface area contributed by atoms with Crippen LogP contribution in [0.15, 0.2) is 24.3 Å². The van der Waals surface area contributed by atoms with Crippen molar-refractivity contribution in [3.8, 4) is 5.75 Å². The minimum Gasteiger partial charge on any atom is -0.491 e. The minimum atomic E-state index is 0.184. The Kier molecular flexibility index (Phi) is 6.16. The zero-order valence-electron chi connectivity index (χ0n) is 11.7. The van der Waals surface area contributed by atoms with E-state index in [9.17, 15) is 0 Å². The molecule has 1 aromatic rings. The average Bonchev–Trinajstić information content (AvgIpc) is 2.33. The number of ether oxygens (including phenoxy) is 2. The molecule has 0 radical (unpaired) electrons. The Morgan fingerprint density at radius 2 is 1.67 bits per heavy atom. The van der Waals surface area contributed by atoms with Gasteiger partial charge in [0.05, 0.1) is 6.61 Å². The molecule has 0 saturated heterocycles. The molecule has 0 unspecified atom stereocenters. The van der Waals surface area contributed by atoms with Crippen LogP contribution in [0.3, 0.4) is 0 Å². The first kappa shape index (κ1) is 15.0. The molecule has 1 aromatic carbocycles. The van der Waals surface area contributed by atoms with Crippen molar-refractivity contribution in [2.45, 2.75) is 32.6 Å². The lowest BCUT2D eigenvalue weighted by atomic mass is 9.87. The molecular weight excluding hydrogens is 226 g/mol. The van der Waals surface area contributed by atoms with Crippen LogP contribution in [0.5, 0.6) is 5.75 Å². The molecule has 0 amide bonds. The Balaban J connectivity index is 2.27. The normalized spacial score (nSPS) is 11.6. The maximum absolute atomic E-state index is 5.60. The topological polar surface area (TPSA) is 44.5 Å². The Morgan fingerprint density at radius 1 is 1.00 bits per heavy atom. The van der Waals surface area contributed by atoms with Gasteiger partial charge in [-0.25, -0.2) is 0 Å². The highest BCUT2D eigenvalue weighted by atomic mass is 16.5. The second-order valence-corrected chi connectivity index (χ2v) is 5.38. The summed E-state index contributed by atoms with van der Waals surface area (Å²) < 4.78 is 11.0. The van der Waals surface area contributed by atoms with Crippen LogP contribution in [0.4, 0.5) is 0 Å². The van der Waals surface area contributed by atoms with E-state index in [1.807, 2.05) is 12.1 Å². The maximum atomic E-state index is 5.60. The largest absolute Gasteiger partial charge is 0.491 e. The summed E-state index contributed by atoms with van der Waals surface area (Å²) >= 11 is 0. The summed E-state index contributed by atoms with van der Waals surface area (Å²) in [5.74, 6) is 0.894. The number of rotatable bonds is 7. The molecule has 0 bridgehead atoms. The zero-order chi connectivity index (χ0) is 13.4. The smallest absolute Gasteiger partial charge is 0.119 e. The van der Waals surface area contributed by atoms with Crippen LogP contribution in [0.25, 0.3) is 0 Å². The second kappa shape index (κ2) is 7.39. The van der Waals surface area contributed by atoms with Gasteiger partial charge in [-0.3, -0.25) is 0 Å². The van der Waals surface area contributed by atoms with E-state index in [2.05, 4.69) is 32.9 Å². The summed E-state index contributed by atoms with van der Waals surface area (Å²) in [6, 6.07) is 8.26. The summed E-state index contributed by atoms with van der Waals surface area (Å²) in [6.45, 7) is 9.19. The molecule has 0 aliphatic carbocycles. The van der Waals surface area contributed by atoms with Gasteiger partial charge in [-0.15, -0.1) is 0 Å². The van der Waals surface area contributed by atoms with Crippen molar-refractivity contribution >= 4 is 0 Å². The molecule has 0 fully saturated rings. The van der Waals surface area contributed by atoms with E-state index in [0.29, 0.717) is 26.4 Å². The standard InChI is InChI=1S/C15H25NO2/c1-15(2,3)13-5-7-14(8-6-13)18-12-11-17-10-4-9-16/h5-8H,4,9-12,16H2,1-3H3. The molecule has 0 saturated carbocycles. The molecule has 0 heterocycles. The van der Waals surface area contributed by atoms with Gasteiger partial charge < -0.3 is 15.2 Å². The van der Waals surface area contributed by atoms with Crippen LogP contribution in [0.1, 0.15) is 32.8 Å². The van der Waals surface area contributed by atoms with E-state index in [4.69, 9.17) is 15.2 Å². The van der Waals surface area contributed by atoms with Gasteiger partial charge in [-0.2, -0.15) is 0 Å². The first-order valence-corrected chi connectivity index (χ1v) is 6.55. The van der Waals surface area contributed by atoms with Crippen LogP contribution in [0.2, 0.25) is 0 Å². The first-order valence-electron chi connectivity index (χ1n) is 6.55. The van der Waals surface area contributed by atoms with Crippen LogP contribution in [-0.4, -0.2) is 26.4 Å². The monoisotopic (exact) mass is 251 g/mol. The summed E-state index contributed by atoms with van der Waals surface area (Å²) in [7, 11) is 0. The fourth-order valence-corrected chi connectivity index (χ4v) is 1.56. The molecule has 0 aliphatic heterocycles. The molecular formula is C15H25NO2. The zero-order valence-corrected chi connectivity index (χ0v) is 11.7. The molecule has 18 heavy (non-hydrogen) atoms. The Labute approximate surface area is 110 Å². The predicted molar refractivity (Wildman–Crippen MR) is 75.1 cm³/mol. The average molecular weight is 251 g/mol. The Morgan fingerprint density at radius 3 is 2.22 bits per heavy atom. The molecule has 3 nitrogen and oxygen atoms in total. The molecule has 3 heteroatoms. The molecule has 102 valence electrons. The van der Waals surface area contributed by atoms with Gasteiger partial charge in [0.15, 0.2) is 0 Å². The third-order valence-electron chi connectivity index (χ3n) is 2.71. The molecule has 0 aromatic heterocycles. The van der Waals surface area contributed by atoms with Gasteiger partial charge in [0, 0.05) is 6.61 Å². The third kappa shape index (κ3) is 5.52. The maximum Gasteiger partial charge on any atom is 0.119 e. The lowest BCUT2D eigenvalue weighted by Crippen LogP contribution is -2.11. The van der Waals surface area contributed by atoms with Gasteiger partial charge in [-0.1, -0.05) is 32.9 Å². The quantitative estimate of drug-likeness (QED) is 0.758. The van der Waals surface area contributed by atoms with Gasteiger partial charge in [-0.05, 0) is 36.1 Å². The van der Waals surface area contributed by atoms with E-state index < -0.39 is 0 Å². The van der Waals surface area contributed by atoms with Crippen molar-refractivity contribution in [2.75, 3.05) is 26.4 Å². The Hall–Kier alpha value is -1.06. The number of hydrogen-bond acceptors (Lipinski definition) is 3. The fraction of sp³-hybridized carbons (Fsp3) is 0.600. The molecule has 2 N–H and O–H groups in total. The van der Waals surface area contributed by atoms with Crippen LogP contribution < -0.4 is 10.5 Å². The van der Waals surface area contributed by atoms with Gasteiger partial charge in [0.2, 0.25) is 0 Å². The Bertz CT molecular complexity index is 327. The summed E-state index contributed by atoms with van der Waals surface area (Å²) in [5, 5.41) is 0. The highest BCUT2D eigenvalue weighted by molar-refractivity contribution is 5.31. The lowest BCUT2D eigenvalue weighted by Gasteiger charge is -2.19. The van der Waals surface area contributed by atoms with Crippen molar-refractivity contribution in [3.63, 3.8) is 0 Å². The van der Waals surface area contributed by atoms with Gasteiger partial charge >= 0.3 is 0 Å². The van der Waals surface area contributed by atoms with E-state index in [0.717, 1.165) is 12.2 Å². The highest BCUT2D eigenvalue weighted by Gasteiger charge is 2.12. The summed E-state index contributed by atoms with van der Waals surface area (Å²) in [6.07, 6.45) is 0.903. The van der Waals surface area contributed by atoms with E-state index in [-0.39, 0.29) is 5.41 Å². The van der Waals surface area contributed by atoms with Gasteiger partial charge in [0.25, 0.3) is 0 Å². The van der Waals surface area contributed by atoms with Crippen LogP contribution in [-0.2, 0) is 10.2 Å². The van der Waals surface area contributed by atoms with E-state index in [1.54, 1.807) is 0 Å². The van der Waals surface area contributed by atoms with Crippen molar-refractivity contribution in [1.29, 1.82) is 0 Å². The minimum absolute atomic E-state index is 0.184. The second-order valence-electron chi connectivity index (χ2n) is 5.38. The predicted octanol–water partition coefficient (Wildman–Crippen LogP) is 2.73.